The number of aromatic nitrogens is 2. The van der Waals surface area contributed by atoms with Gasteiger partial charge in [0, 0.05) is 30.4 Å². The molecule has 23 heavy (non-hydrogen) atoms. The smallest absolute Gasteiger partial charge is 0.410 e. The lowest BCUT2D eigenvalue weighted by atomic mass is 10.0. The molecule has 3 heterocycles. The zero-order chi connectivity index (χ0) is 16.4. The number of fused-ring (bicyclic) bond motifs is 1. The summed E-state index contributed by atoms with van der Waals surface area (Å²) in [5.74, 6) is 0.427. The molecule has 5 heteroatoms. The second kappa shape index (κ2) is 6.14. The fourth-order valence-electron chi connectivity index (χ4n) is 2.89. The van der Waals surface area contributed by atoms with E-state index < -0.39 is 5.60 Å². The minimum atomic E-state index is -0.444. The van der Waals surface area contributed by atoms with E-state index in [0.717, 1.165) is 42.7 Å². The molecule has 2 aromatic rings. The Balaban J connectivity index is 1.61. The number of nitrogens with zero attached hydrogens (tertiary/aromatic N) is 3. The summed E-state index contributed by atoms with van der Waals surface area (Å²) < 4.78 is 5.44. The Morgan fingerprint density at radius 2 is 2.17 bits per heavy atom. The van der Waals surface area contributed by atoms with Crippen molar-refractivity contribution in [3.05, 3.63) is 36.2 Å². The van der Waals surface area contributed by atoms with Crippen molar-refractivity contribution in [1.82, 2.24) is 14.9 Å². The van der Waals surface area contributed by atoms with Crippen molar-refractivity contribution in [2.24, 2.45) is 5.92 Å². The number of amides is 1. The van der Waals surface area contributed by atoms with Crippen LogP contribution >= 0.6 is 0 Å². The minimum absolute atomic E-state index is 0.215. The maximum atomic E-state index is 12.1. The first-order valence-corrected chi connectivity index (χ1v) is 8.09. The number of rotatable bonds is 2. The Bertz CT molecular complexity index is 709. The molecule has 1 fully saturated rings. The fraction of sp³-hybridized carbons (Fsp3) is 0.500. The van der Waals surface area contributed by atoms with Gasteiger partial charge in [0.05, 0.1) is 0 Å². The number of likely N-dealkylation sites (tertiary alicyclic amines) is 1. The van der Waals surface area contributed by atoms with E-state index in [4.69, 9.17) is 4.74 Å². The maximum absolute atomic E-state index is 12.1. The largest absolute Gasteiger partial charge is 0.444 e. The zero-order valence-corrected chi connectivity index (χ0v) is 14.0. The van der Waals surface area contributed by atoms with E-state index in [0.29, 0.717) is 5.92 Å². The summed E-state index contributed by atoms with van der Waals surface area (Å²) in [6, 6.07) is 8.05. The van der Waals surface area contributed by atoms with E-state index in [1.54, 1.807) is 11.1 Å². The first kappa shape index (κ1) is 15.7. The number of pyridine rings is 2. The topological polar surface area (TPSA) is 55.3 Å². The summed E-state index contributed by atoms with van der Waals surface area (Å²) in [7, 11) is 0. The molecule has 1 aliphatic rings. The van der Waals surface area contributed by atoms with E-state index in [-0.39, 0.29) is 6.09 Å². The molecular weight excluding hydrogens is 290 g/mol. The molecule has 122 valence electrons. The van der Waals surface area contributed by atoms with Crippen LogP contribution in [0.4, 0.5) is 4.79 Å². The summed E-state index contributed by atoms with van der Waals surface area (Å²) in [6.07, 6.45) is 3.40. The lowest BCUT2D eigenvalue weighted by molar-refractivity contribution is 0.0288. The summed E-state index contributed by atoms with van der Waals surface area (Å²) in [6.45, 7) is 7.17. The van der Waals surface area contributed by atoms with Crippen molar-refractivity contribution < 1.29 is 9.53 Å². The molecule has 1 unspecified atom stereocenters. The minimum Gasteiger partial charge on any atom is -0.444 e. The Kier molecular flexibility index (Phi) is 4.20. The van der Waals surface area contributed by atoms with Crippen molar-refractivity contribution in [2.75, 3.05) is 13.1 Å². The molecule has 0 spiro atoms. The number of hydrogen-bond acceptors (Lipinski definition) is 4. The van der Waals surface area contributed by atoms with Gasteiger partial charge in [0.2, 0.25) is 0 Å². The van der Waals surface area contributed by atoms with Crippen molar-refractivity contribution in [3.8, 4) is 0 Å². The molecule has 1 saturated heterocycles. The number of hydrogen-bond donors (Lipinski definition) is 0. The van der Waals surface area contributed by atoms with Crippen LogP contribution in [0.5, 0.6) is 0 Å². The van der Waals surface area contributed by atoms with Crippen molar-refractivity contribution in [1.29, 1.82) is 0 Å². The molecule has 0 aliphatic carbocycles. The fourth-order valence-corrected chi connectivity index (χ4v) is 2.89. The van der Waals surface area contributed by atoms with E-state index >= 15 is 0 Å². The third-order valence-electron chi connectivity index (χ3n) is 3.96. The molecule has 0 bridgehead atoms. The lowest BCUT2D eigenvalue weighted by Crippen LogP contribution is -2.35. The van der Waals surface area contributed by atoms with Crippen molar-refractivity contribution in [3.63, 3.8) is 0 Å². The van der Waals surface area contributed by atoms with Crippen LogP contribution in [0.1, 0.15) is 32.9 Å². The van der Waals surface area contributed by atoms with E-state index in [9.17, 15) is 4.79 Å². The standard InChI is InChI=1S/C18H23N3O2/c1-18(2,3)23-17(22)21-10-8-13(12-21)11-15-7-6-14-5-4-9-19-16(14)20-15/h4-7,9,13H,8,10-12H2,1-3H3. The molecule has 5 nitrogen and oxygen atoms in total. The van der Waals surface area contributed by atoms with E-state index in [1.807, 2.05) is 32.9 Å². The van der Waals surface area contributed by atoms with Gasteiger partial charge in [-0.25, -0.2) is 14.8 Å². The SMILES string of the molecule is CC(C)(C)OC(=O)N1CCC(Cc2ccc3cccnc3n2)C1. The Morgan fingerprint density at radius 1 is 1.35 bits per heavy atom. The second-order valence-corrected chi connectivity index (χ2v) is 7.14. The van der Waals surface area contributed by atoms with Gasteiger partial charge in [-0.15, -0.1) is 0 Å². The van der Waals surface area contributed by atoms with Crippen LogP contribution in [0.25, 0.3) is 11.0 Å². The quantitative estimate of drug-likeness (QED) is 0.852. The van der Waals surface area contributed by atoms with Crippen LogP contribution in [-0.2, 0) is 11.2 Å². The number of ether oxygens (including phenoxy) is 1. The van der Waals surface area contributed by atoms with E-state index in [2.05, 4.69) is 22.1 Å². The maximum Gasteiger partial charge on any atom is 0.410 e. The average molecular weight is 313 g/mol. The first-order chi connectivity index (χ1) is 10.9. The Morgan fingerprint density at radius 3 is 2.96 bits per heavy atom. The Labute approximate surface area is 136 Å². The zero-order valence-electron chi connectivity index (χ0n) is 14.0. The van der Waals surface area contributed by atoms with Gasteiger partial charge in [0.15, 0.2) is 5.65 Å². The number of carbonyl (C=O) groups excluding carboxylic acids is 1. The predicted octanol–water partition coefficient (Wildman–Crippen LogP) is 3.43. The van der Waals surface area contributed by atoms with Gasteiger partial charge in [-0.1, -0.05) is 0 Å². The van der Waals surface area contributed by atoms with Crippen LogP contribution in [0, 0.1) is 5.92 Å². The van der Waals surface area contributed by atoms with Crippen LogP contribution in [0.3, 0.4) is 0 Å². The summed E-state index contributed by atoms with van der Waals surface area (Å²) in [4.78, 5) is 22.8. The molecule has 2 aromatic heterocycles. The van der Waals surface area contributed by atoms with Gasteiger partial charge in [0.1, 0.15) is 5.60 Å². The van der Waals surface area contributed by atoms with Crippen LogP contribution < -0.4 is 0 Å². The normalized spacial score (nSPS) is 18.4. The lowest BCUT2D eigenvalue weighted by Gasteiger charge is -2.24. The van der Waals surface area contributed by atoms with Crippen LogP contribution in [0.2, 0.25) is 0 Å². The second-order valence-electron chi connectivity index (χ2n) is 7.14. The summed E-state index contributed by atoms with van der Waals surface area (Å²) >= 11 is 0. The molecular formula is C18H23N3O2. The molecule has 3 rings (SSSR count). The van der Waals surface area contributed by atoms with Gasteiger partial charge in [-0.2, -0.15) is 0 Å². The molecule has 0 aromatic carbocycles. The molecule has 0 radical (unpaired) electrons. The molecule has 1 aliphatic heterocycles. The highest BCUT2D eigenvalue weighted by Gasteiger charge is 2.29. The number of carbonyl (C=O) groups is 1. The van der Waals surface area contributed by atoms with Crippen LogP contribution in [-0.4, -0.2) is 39.7 Å². The molecule has 0 N–H and O–H groups in total. The van der Waals surface area contributed by atoms with Crippen molar-refractivity contribution >= 4 is 17.1 Å². The van der Waals surface area contributed by atoms with Crippen LogP contribution in [0.15, 0.2) is 30.5 Å². The van der Waals surface area contributed by atoms with Gasteiger partial charge in [0.25, 0.3) is 0 Å². The highest BCUT2D eigenvalue weighted by atomic mass is 16.6. The molecule has 0 saturated carbocycles. The molecule has 1 atom stereocenters. The van der Waals surface area contributed by atoms with Gasteiger partial charge >= 0.3 is 6.09 Å². The van der Waals surface area contributed by atoms with E-state index in [1.165, 1.54) is 0 Å². The third kappa shape index (κ3) is 3.97. The summed E-state index contributed by atoms with van der Waals surface area (Å²) in [5.41, 5.74) is 1.38. The third-order valence-corrected chi connectivity index (χ3v) is 3.96. The average Bonchev–Trinajstić information content (AvgIpc) is 2.94. The first-order valence-electron chi connectivity index (χ1n) is 8.09. The van der Waals surface area contributed by atoms with Gasteiger partial charge in [-0.05, 0) is 63.8 Å². The highest BCUT2D eigenvalue weighted by molar-refractivity contribution is 5.74. The monoisotopic (exact) mass is 313 g/mol. The van der Waals surface area contributed by atoms with Gasteiger partial charge < -0.3 is 9.64 Å². The highest BCUT2D eigenvalue weighted by Crippen LogP contribution is 2.23. The summed E-state index contributed by atoms with van der Waals surface area (Å²) in [5, 5.41) is 1.05. The Hall–Kier alpha value is -2.17. The van der Waals surface area contributed by atoms with Gasteiger partial charge in [-0.3, -0.25) is 0 Å². The molecule has 1 amide bonds. The van der Waals surface area contributed by atoms with Crippen molar-refractivity contribution in [2.45, 2.75) is 39.2 Å². The predicted molar refractivity (Wildman–Crippen MR) is 89.2 cm³/mol.